The first-order valence-corrected chi connectivity index (χ1v) is 11.9. The molecule has 0 aromatic heterocycles. The zero-order chi connectivity index (χ0) is 22.6. The maximum atomic E-state index is 14.2. The van der Waals surface area contributed by atoms with E-state index >= 15 is 0 Å². The summed E-state index contributed by atoms with van der Waals surface area (Å²) in [7, 11) is 0. The van der Waals surface area contributed by atoms with Crippen LogP contribution in [0.4, 0.5) is 8.78 Å². The molecule has 3 aliphatic rings. The maximum Gasteiger partial charge on any atom is 0.237 e. The number of amides is 2. The highest BCUT2D eigenvalue weighted by Gasteiger charge is 2.40. The highest BCUT2D eigenvalue weighted by molar-refractivity contribution is 5.88. The van der Waals surface area contributed by atoms with E-state index in [1.807, 2.05) is 0 Å². The number of nitrogens with zero attached hydrogens (tertiary/aromatic N) is 2. The second-order valence-electron chi connectivity index (χ2n) is 9.45. The standard InChI is InChI=1S/C24H34F2N4O2/c25-19-8-6-7-18(22(19)26)16-29-14-11-27-23(32)20(29)15-21(31)28-17-24(9-2-3-10-24)30-12-4-1-5-13-30/h6-8,20H,1-5,9-17H2,(H,27,32)(H,28,31)/t20-/m1/s1. The molecular weight excluding hydrogens is 414 g/mol. The molecule has 176 valence electrons. The summed E-state index contributed by atoms with van der Waals surface area (Å²) in [6, 6.07) is 3.36. The Bertz CT molecular complexity index is 822. The van der Waals surface area contributed by atoms with Crippen LogP contribution in [-0.2, 0) is 16.1 Å². The Hall–Kier alpha value is -2.06. The van der Waals surface area contributed by atoms with Gasteiger partial charge in [0.2, 0.25) is 11.8 Å². The summed E-state index contributed by atoms with van der Waals surface area (Å²) in [6.07, 6.45) is 8.28. The number of carbonyl (C=O) groups excluding carboxylic acids is 2. The number of nitrogens with one attached hydrogen (secondary N) is 2. The minimum Gasteiger partial charge on any atom is -0.354 e. The van der Waals surface area contributed by atoms with Crippen molar-refractivity contribution < 1.29 is 18.4 Å². The molecule has 2 N–H and O–H groups in total. The summed E-state index contributed by atoms with van der Waals surface area (Å²) in [5.74, 6) is -2.21. The third-order valence-corrected chi connectivity index (χ3v) is 7.40. The molecule has 0 bridgehead atoms. The van der Waals surface area contributed by atoms with Crippen LogP contribution < -0.4 is 10.6 Å². The zero-order valence-electron chi connectivity index (χ0n) is 18.7. The lowest BCUT2D eigenvalue weighted by Crippen LogP contribution is -2.58. The highest BCUT2D eigenvalue weighted by Crippen LogP contribution is 2.36. The number of carbonyl (C=O) groups is 2. The molecule has 6 nitrogen and oxygen atoms in total. The fraction of sp³-hybridized carbons (Fsp3) is 0.667. The molecule has 8 heteroatoms. The molecule has 0 radical (unpaired) electrons. The summed E-state index contributed by atoms with van der Waals surface area (Å²) in [4.78, 5) is 29.8. The van der Waals surface area contributed by atoms with Crippen LogP contribution in [0.15, 0.2) is 18.2 Å². The molecule has 1 aromatic rings. The van der Waals surface area contributed by atoms with E-state index in [1.165, 1.54) is 44.2 Å². The Kier molecular flexibility index (Phi) is 7.40. The quantitative estimate of drug-likeness (QED) is 0.673. The number of likely N-dealkylation sites (tertiary alicyclic amines) is 1. The average molecular weight is 449 g/mol. The molecule has 0 spiro atoms. The van der Waals surface area contributed by atoms with Gasteiger partial charge in [-0.15, -0.1) is 0 Å². The van der Waals surface area contributed by atoms with Crippen LogP contribution in [0.1, 0.15) is 56.9 Å². The molecule has 32 heavy (non-hydrogen) atoms. The minimum absolute atomic E-state index is 0.0127. The van der Waals surface area contributed by atoms with Gasteiger partial charge in [-0.3, -0.25) is 19.4 Å². The molecule has 0 unspecified atom stereocenters. The Balaban J connectivity index is 1.38. The van der Waals surface area contributed by atoms with Crippen molar-refractivity contribution in [3.05, 3.63) is 35.4 Å². The molecule has 1 atom stereocenters. The Morgan fingerprint density at radius 1 is 1.09 bits per heavy atom. The molecule has 2 saturated heterocycles. The predicted octanol–water partition coefficient (Wildman–Crippen LogP) is 2.57. The van der Waals surface area contributed by atoms with Crippen molar-refractivity contribution in [2.24, 2.45) is 0 Å². The van der Waals surface area contributed by atoms with E-state index in [1.54, 1.807) is 4.90 Å². The predicted molar refractivity (Wildman–Crippen MR) is 118 cm³/mol. The lowest BCUT2D eigenvalue weighted by Gasteiger charge is -2.44. The van der Waals surface area contributed by atoms with E-state index in [4.69, 9.17) is 0 Å². The van der Waals surface area contributed by atoms with Crippen molar-refractivity contribution in [2.75, 3.05) is 32.7 Å². The number of halogens is 2. The highest BCUT2D eigenvalue weighted by atomic mass is 19.2. The van der Waals surface area contributed by atoms with E-state index in [-0.39, 0.29) is 35.9 Å². The van der Waals surface area contributed by atoms with E-state index < -0.39 is 17.7 Å². The van der Waals surface area contributed by atoms with E-state index in [0.717, 1.165) is 32.0 Å². The van der Waals surface area contributed by atoms with Crippen LogP contribution in [0.5, 0.6) is 0 Å². The van der Waals surface area contributed by atoms with Crippen molar-refractivity contribution in [2.45, 2.75) is 69.5 Å². The zero-order valence-corrected chi connectivity index (χ0v) is 18.7. The molecule has 3 fully saturated rings. The SMILES string of the molecule is O=C(C[C@@H]1C(=O)NCCN1Cc1cccc(F)c1F)NCC1(N2CCCCC2)CCCC1. The first-order valence-electron chi connectivity index (χ1n) is 11.9. The lowest BCUT2D eigenvalue weighted by atomic mass is 9.92. The Labute approximate surface area is 188 Å². The average Bonchev–Trinajstić information content (AvgIpc) is 3.29. The fourth-order valence-electron chi connectivity index (χ4n) is 5.58. The van der Waals surface area contributed by atoms with Crippen molar-refractivity contribution in [3.63, 3.8) is 0 Å². The number of benzene rings is 1. The molecular formula is C24H34F2N4O2. The first kappa shape index (κ1) is 23.1. The lowest BCUT2D eigenvalue weighted by molar-refractivity contribution is -0.134. The smallest absolute Gasteiger partial charge is 0.237 e. The van der Waals surface area contributed by atoms with Gasteiger partial charge in [0.25, 0.3) is 0 Å². The van der Waals surface area contributed by atoms with Crippen molar-refractivity contribution in [3.8, 4) is 0 Å². The van der Waals surface area contributed by atoms with Gasteiger partial charge in [0.15, 0.2) is 11.6 Å². The summed E-state index contributed by atoms with van der Waals surface area (Å²) < 4.78 is 27.8. The number of hydrogen-bond acceptors (Lipinski definition) is 4. The number of piperidine rings is 1. The Morgan fingerprint density at radius 3 is 2.59 bits per heavy atom. The molecule has 2 heterocycles. The maximum absolute atomic E-state index is 14.2. The molecule has 2 amide bonds. The van der Waals surface area contributed by atoms with Crippen LogP contribution in [0, 0.1) is 11.6 Å². The number of rotatable bonds is 7. The third-order valence-electron chi connectivity index (χ3n) is 7.40. The normalized spacial score (nSPS) is 24.3. The van der Waals surface area contributed by atoms with Gasteiger partial charge in [-0.1, -0.05) is 31.4 Å². The molecule has 1 saturated carbocycles. The Morgan fingerprint density at radius 2 is 1.84 bits per heavy atom. The van der Waals surface area contributed by atoms with Gasteiger partial charge >= 0.3 is 0 Å². The van der Waals surface area contributed by atoms with Crippen molar-refractivity contribution >= 4 is 11.8 Å². The minimum atomic E-state index is -0.905. The first-order chi connectivity index (χ1) is 15.5. The van der Waals surface area contributed by atoms with Crippen molar-refractivity contribution in [1.82, 2.24) is 20.4 Å². The van der Waals surface area contributed by atoms with Gasteiger partial charge in [-0.05, 0) is 44.8 Å². The van der Waals surface area contributed by atoms with E-state index in [0.29, 0.717) is 19.6 Å². The second-order valence-corrected chi connectivity index (χ2v) is 9.45. The summed E-state index contributed by atoms with van der Waals surface area (Å²) in [5, 5.41) is 5.91. The molecule has 4 rings (SSSR count). The fourth-order valence-corrected chi connectivity index (χ4v) is 5.58. The third kappa shape index (κ3) is 5.12. The second kappa shape index (κ2) is 10.3. The van der Waals surface area contributed by atoms with Gasteiger partial charge in [-0.2, -0.15) is 0 Å². The largest absolute Gasteiger partial charge is 0.354 e. The number of piperazine rings is 1. The molecule has 1 aromatic carbocycles. The van der Waals surface area contributed by atoms with Gasteiger partial charge < -0.3 is 10.6 Å². The summed E-state index contributed by atoms with van der Waals surface area (Å²) in [5.41, 5.74) is 0.232. The summed E-state index contributed by atoms with van der Waals surface area (Å²) >= 11 is 0. The number of hydrogen-bond donors (Lipinski definition) is 2. The molecule has 1 aliphatic carbocycles. The van der Waals surface area contributed by atoms with Crippen LogP contribution >= 0.6 is 0 Å². The van der Waals surface area contributed by atoms with E-state index in [2.05, 4.69) is 15.5 Å². The molecule has 2 aliphatic heterocycles. The van der Waals surface area contributed by atoms with Gasteiger partial charge in [-0.25, -0.2) is 8.78 Å². The van der Waals surface area contributed by atoms with Crippen LogP contribution in [0.2, 0.25) is 0 Å². The van der Waals surface area contributed by atoms with E-state index in [9.17, 15) is 18.4 Å². The monoisotopic (exact) mass is 448 g/mol. The topological polar surface area (TPSA) is 64.7 Å². The van der Waals surface area contributed by atoms with Gasteiger partial charge in [0, 0.05) is 37.3 Å². The van der Waals surface area contributed by atoms with Gasteiger partial charge in [0.05, 0.1) is 12.5 Å². The van der Waals surface area contributed by atoms with Gasteiger partial charge in [0.1, 0.15) is 0 Å². The summed E-state index contributed by atoms with van der Waals surface area (Å²) in [6.45, 7) is 3.79. The van der Waals surface area contributed by atoms with Crippen molar-refractivity contribution in [1.29, 1.82) is 0 Å². The van der Waals surface area contributed by atoms with Crippen LogP contribution in [-0.4, -0.2) is 65.9 Å². The van der Waals surface area contributed by atoms with Crippen LogP contribution in [0.3, 0.4) is 0 Å². The van der Waals surface area contributed by atoms with Crippen LogP contribution in [0.25, 0.3) is 0 Å².